The van der Waals surface area contributed by atoms with E-state index in [1.54, 1.807) is 10.9 Å². The van der Waals surface area contributed by atoms with Crippen molar-refractivity contribution in [2.75, 3.05) is 31.3 Å². The van der Waals surface area contributed by atoms with Crippen molar-refractivity contribution < 1.29 is 9.59 Å². The van der Waals surface area contributed by atoms with Crippen molar-refractivity contribution in [3.05, 3.63) is 54.4 Å². The first-order valence-corrected chi connectivity index (χ1v) is 9.82. The van der Waals surface area contributed by atoms with Crippen molar-refractivity contribution in [3.8, 4) is 0 Å². The number of nitrogens with zero attached hydrogens (tertiary/aromatic N) is 3. The Hall–Kier alpha value is -3.19. The number of anilines is 2. The van der Waals surface area contributed by atoms with Crippen LogP contribution in [0.2, 0.25) is 0 Å². The predicted molar refractivity (Wildman–Crippen MR) is 114 cm³/mol. The summed E-state index contributed by atoms with van der Waals surface area (Å²) in [6, 6.07) is 11.5. The molecule has 4 rings (SSSR count). The van der Waals surface area contributed by atoms with Gasteiger partial charge in [0.15, 0.2) is 0 Å². The van der Waals surface area contributed by atoms with Gasteiger partial charge in [-0.3, -0.25) is 14.3 Å². The number of likely N-dealkylation sites (N-methyl/N-ethyl adjacent to an activating group) is 1. The summed E-state index contributed by atoms with van der Waals surface area (Å²) in [5, 5.41) is 12.1. The smallest absolute Gasteiger partial charge is 0.257 e. The molecule has 3 aromatic rings. The van der Waals surface area contributed by atoms with E-state index in [4.69, 9.17) is 0 Å². The van der Waals surface area contributed by atoms with E-state index in [9.17, 15) is 9.59 Å². The number of fused-ring (bicyclic) bond motifs is 1. The molecule has 2 N–H and O–H groups in total. The number of carbonyl (C=O) groups excluding carboxylic acids is 2. The van der Waals surface area contributed by atoms with Crippen LogP contribution in [0.1, 0.15) is 23.2 Å². The third-order valence-electron chi connectivity index (χ3n) is 5.00. The monoisotopic (exact) mass is 391 g/mol. The molecule has 150 valence electrons. The van der Waals surface area contributed by atoms with Crippen LogP contribution in [0.3, 0.4) is 0 Å². The molecule has 7 nitrogen and oxygen atoms in total. The third kappa shape index (κ3) is 4.63. The maximum Gasteiger partial charge on any atom is 0.257 e. The highest BCUT2D eigenvalue weighted by Gasteiger charge is 2.30. The summed E-state index contributed by atoms with van der Waals surface area (Å²) in [6.07, 6.45) is 5.27. The quantitative estimate of drug-likeness (QED) is 0.648. The summed E-state index contributed by atoms with van der Waals surface area (Å²) in [4.78, 5) is 27.4. The Morgan fingerprint density at radius 1 is 1.14 bits per heavy atom. The number of rotatable bonds is 7. The molecule has 1 saturated carbocycles. The zero-order valence-electron chi connectivity index (χ0n) is 16.7. The fraction of sp³-hybridized carbons (Fsp3) is 0.318. The maximum absolute atomic E-state index is 13.0. The van der Waals surface area contributed by atoms with Gasteiger partial charge in [0.05, 0.1) is 29.7 Å². The number of amides is 2. The largest absolute Gasteiger partial charge is 0.325 e. The minimum atomic E-state index is -0.269. The van der Waals surface area contributed by atoms with Gasteiger partial charge in [-0.05, 0) is 49.8 Å². The van der Waals surface area contributed by atoms with Crippen molar-refractivity contribution in [1.82, 2.24) is 14.7 Å². The molecule has 2 amide bonds. The molecule has 1 fully saturated rings. The Balaban J connectivity index is 1.57. The van der Waals surface area contributed by atoms with Crippen LogP contribution in [0.4, 0.5) is 11.4 Å². The highest BCUT2D eigenvalue weighted by molar-refractivity contribution is 6.13. The number of nitrogens with one attached hydrogen (secondary N) is 2. The Kier molecular flexibility index (Phi) is 5.31. The number of hydrogen-bond donors (Lipinski definition) is 2. The van der Waals surface area contributed by atoms with Gasteiger partial charge >= 0.3 is 0 Å². The van der Waals surface area contributed by atoms with Crippen molar-refractivity contribution in [1.29, 1.82) is 0 Å². The minimum Gasteiger partial charge on any atom is -0.325 e. The summed E-state index contributed by atoms with van der Waals surface area (Å²) >= 11 is 0. The van der Waals surface area contributed by atoms with Gasteiger partial charge in [-0.1, -0.05) is 24.3 Å². The molecule has 1 heterocycles. The van der Waals surface area contributed by atoms with Crippen LogP contribution in [0.25, 0.3) is 10.8 Å². The fourth-order valence-corrected chi connectivity index (χ4v) is 3.16. The first-order valence-electron chi connectivity index (χ1n) is 9.82. The molecular formula is C22H25N5O2. The van der Waals surface area contributed by atoms with Crippen LogP contribution in [0, 0.1) is 5.92 Å². The average molecular weight is 391 g/mol. The van der Waals surface area contributed by atoms with Crippen molar-refractivity contribution in [2.24, 2.45) is 5.92 Å². The Morgan fingerprint density at radius 3 is 2.55 bits per heavy atom. The number of carbonyl (C=O) groups is 2. The van der Waals surface area contributed by atoms with Gasteiger partial charge in [-0.2, -0.15) is 5.10 Å². The van der Waals surface area contributed by atoms with E-state index >= 15 is 0 Å². The maximum atomic E-state index is 13.0. The van der Waals surface area contributed by atoms with Crippen LogP contribution in [0.5, 0.6) is 0 Å². The van der Waals surface area contributed by atoms with Crippen LogP contribution < -0.4 is 10.6 Å². The third-order valence-corrected chi connectivity index (χ3v) is 5.00. The SMILES string of the molecule is CN(C)CCn1cc(NC(=O)c2cc3ccccc3cc2NC(=O)C2CC2)cn1. The van der Waals surface area contributed by atoms with Gasteiger partial charge in [0.2, 0.25) is 5.91 Å². The Labute approximate surface area is 169 Å². The minimum absolute atomic E-state index is 0.0224. The molecule has 0 bridgehead atoms. The normalized spacial score (nSPS) is 13.6. The zero-order chi connectivity index (χ0) is 20.4. The van der Waals surface area contributed by atoms with E-state index in [2.05, 4.69) is 20.6 Å². The molecule has 0 atom stereocenters. The van der Waals surface area contributed by atoms with Gasteiger partial charge in [-0.25, -0.2) is 0 Å². The van der Waals surface area contributed by atoms with E-state index in [-0.39, 0.29) is 17.7 Å². The van der Waals surface area contributed by atoms with Gasteiger partial charge in [0, 0.05) is 18.7 Å². The summed E-state index contributed by atoms with van der Waals surface area (Å²) in [5.74, 6) is -0.229. The molecule has 0 saturated heterocycles. The molecule has 7 heteroatoms. The molecule has 0 aliphatic heterocycles. The van der Waals surface area contributed by atoms with E-state index in [1.807, 2.05) is 56.7 Å². The highest BCUT2D eigenvalue weighted by Crippen LogP contribution is 2.32. The van der Waals surface area contributed by atoms with Crippen molar-refractivity contribution >= 4 is 34.0 Å². The van der Waals surface area contributed by atoms with E-state index in [1.165, 1.54) is 0 Å². The van der Waals surface area contributed by atoms with Crippen molar-refractivity contribution in [3.63, 3.8) is 0 Å². The first kappa shape index (κ1) is 19.1. The summed E-state index contributed by atoms with van der Waals surface area (Å²) in [6.45, 7) is 1.60. The molecule has 1 aromatic heterocycles. The van der Waals surface area contributed by atoms with Gasteiger partial charge in [-0.15, -0.1) is 0 Å². The molecule has 1 aliphatic rings. The van der Waals surface area contributed by atoms with Crippen LogP contribution in [-0.4, -0.2) is 47.1 Å². The lowest BCUT2D eigenvalue weighted by Crippen LogP contribution is -2.19. The average Bonchev–Trinajstić information content (AvgIpc) is 3.46. The number of benzene rings is 2. The lowest BCUT2D eigenvalue weighted by molar-refractivity contribution is -0.117. The standard InChI is InChI=1S/C22H25N5O2/c1-26(2)9-10-27-14-18(13-23-27)24-22(29)19-11-16-5-3-4-6-17(16)12-20(19)25-21(28)15-7-8-15/h3-6,11-15H,7-10H2,1-2H3,(H,24,29)(H,25,28). The lowest BCUT2D eigenvalue weighted by atomic mass is 10.0. The van der Waals surface area contributed by atoms with Crippen molar-refractivity contribution in [2.45, 2.75) is 19.4 Å². The van der Waals surface area contributed by atoms with Crippen LogP contribution >= 0.6 is 0 Å². The van der Waals surface area contributed by atoms with E-state index < -0.39 is 0 Å². The second-order valence-corrected chi connectivity index (χ2v) is 7.76. The second-order valence-electron chi connectivity index (χ2n) is 7.76. The van der Waals surface area contributed by atoms with Crippen LogP contribution in [-0.2, 0) is 11.3 Å². The van der Waals surface area contributed by atoms with Gasteiger partial charge < -0.3 is 15.5 Å². The van der Waals surface area contributed by atoms with E-state index in [0.717, 1.165) is 36.7 Å². The molecule has 0 spiro atoms. The molecule has 0 radical (unpaired) electrons. The Morgan fingerprint density at radius 2 is 1.86 bits per heavy atom. The fourth-order valence-electron chi connectivity index (χ4n) is 3.16. The Bertz CT molecular complexity index is 1050. The number of hydrogen-bond acceptors (Lipinski definition) is 4. The molecule has 2 aromatic carbocycles. The topological polar surface area (TPSA) is 79.3 Å². The summed E-state index contributed by atoms with van der Waals surface area (Å²) in [5.41, 5.74) is 1.61. The highest BCUT2D eigenvalue weighted by atomic mass is 16.2. The lowest BCUT2D eigenvalue weighted by Gasteiger charge is -2.13. The summed E-state index contributed by atoms with van der Waals surface area (Å²) in [7, 11) is 4.01. The molecular weight excluding hydrogens is 366 g/mol. The summed E-state index contributed by atoms with van der Waals surface area (Å²) < 4.78 is 1.80. The molecule has 1 aliphatic carbocycles. The zero-order valence-corrected chi connectivity index (χ0v) is 16.7. The molecule has 0 unspecified atom stereocenters. The second kappa shape index (κ2) is 8.05. The van der Waals surface area contributed by atoms with Gasteiger partial charge in [0.25, 0.3) is 5.91 Å². The molecule has 29 heavy (non-hydrogen) atoms. The first-order chi connectivity index (χ1) is 14.0. The number of aromatic nitrogens is 2. The van der Waals surface area contributed by atoms with Crippen LogP contribution in [0.15, 0.2) is 48.8 Å². The van der Waals surface area contributed by atoms with E-state index in [0.29, 0.717) is 16.9 Å². The predicted octanol–water partition coefficient (Wildman–Crippen LogP) is 3.20. The van der Waals surface area contributed by atoms with Gasteiger partial charge in [0.1, 0.15) is 0 Å².